The fourth-order valence-electron chi connectivity index (χ4n) is 1.22. The summed E-state index contributed by atoms with van der Waals surface area (Å²) in [5, 5.41) is 9.38. The molecule has 0 spiro atoms. The zero-order valence-corrected chi connectivity index (χ0v) is 8.28. The minimum atomic E-state index is -0.835. The van der Waals surface area contributed by atoms with Gasteiger partial charge in [0.1, 0.15) is 6.10 Å². The van der Waals surface area contributed by atoms with Gasteiger partial charge in [-0.2, -0.15) is 0 Å². The van der Waals surface area contributed by atoms with E-state index in [1.54, 1.807) is 26.0 Å². The van der Waals surface area contributed by atoms with Gasteiger partial charge in [-0.3, -0.25) is 4.79 Å². The van der Waals surface area contributed by atoms with E-state index in [0.717, 1.165) is 0 Å². The van der Waals surface area contributed by atoms with E-state index in [0.29, 0.717) is 6.42 Å². The molecule has 3 nitrogen and oxygen atoms in total. The number of hydrogen-bond donors (Lipinski definition) is 1. The molecule has 0 aliphatic carbocycles. The first-order valence-corrected chi connectivity index (χ1v) is 4.51. The lowest BCUT2D eigenvalue weighted by atomic mass is 10.0. The van der Waals surface area contributed by atoms with Crippen LogP contribution in [0.25, 0.3) is 0 Å². The first kappa shape index (κ1) is 10.3. The standard InChI is InChI=1S/C10H16O3/c1-7-6-8(13-9(7)11)4-5-10(2,3)12/h4-5,7-8,12H,6H2,1-3H3/b5-4+. The summed E-state index contributed by atoms with van der Waals surface area (Å²) in [5.74, 6) is -0.165. The van der Waals surface area contributed by atoms with Crippen LogP contribution in [-0.2, 0) is 9.53 Å². The van der Waals surface area contributed by atoms with Gasteiger partial charge in [-0.15, -0.1) is 0 Å². The SMILES string of the molecule is CC1CC(/C=C/C(C)(C)O)OC1=O. The summed E-state index contributed by atoms with van der Waals surface area (Å²) >= 11 is 0. The van der Waals surface area contributed by atoms with Crippen LogP contribution >= 0.6 is 0 Å². The van der Waals surface area contributed by atoms with Gasteiger partial charge >= 0.3 is 5.97 Å². The van der Waals surface area contributed by atoms with Crippen LogP contribution in [0.15, 0.2) is 12.2 Å². The summed E-state index contributed by atoms with van der Waals surface area (Å²) < 4.78 is 5.03. The molecule has 1 heterocycles. The minimum absolute atomic E-state index is 0.0172. The third-order valence-electron chi connectivity index (χ3n) is 1.97. The van der Waals surface area contributed by atoms with E-state index in [9.17, 15) is 9.90 Å². The molecule has 2 unspecified atom stereocenters. The molecule has 1 aliphatic heterocycles. The maximum atomic E-state index is 11.0. The molecular formula is C10H16O3. The highest BCUT2D eigenvalue weighted by Gasteiger charge is 2.29. The van der Waals surface area contributed by atoms with Gasteiger partial charge in [0.25, 0.3) is 0 Å². The van der Waals surface area contributed by atoms with Crippen molar-refractivity contribution in [3.8, 4) is 0 Å². The Morgan fingerprint density at radius 2 is 2.23 bits per heavy atom. The summed E-state index contributed by atoms with van der Waals surface area (Å²) in [6.45, 7) is 5.22. The summed E-state index contributed by atoms with van der Waals surface area (Å²) in [5.41, 5.74) is -0.835. The van der Waals surface area contributed by atoms with E-state index in [1.807, 2.05) is 6.92 Å². The summed E-state index contributed by atoms with van der Waals surface area (Å²) in [6.07, 6.45) is 3.96. The van der Waals surface area contributed by atoms with Crippen molar-refractivity contribution < 1.29 is 14.6 Å². The van der Waals surface area contributed by atoms with Crippen molar-refractivity contribution in [3.05, 3.63) is 12.2 Å². The van der Waals surface area contributed by atoms with Gasteiger partial charge in [-0.1, -0.05) is 13.0 Å². The molecule has 0 amide bonds. The molecule has 2 atom stereocenters. The molecule has 1 aliphatic rings. The summed E-state index contributed by atoms with van der Waals surface area (Å²) in [6, 6.07) is 0. The molecule has 0 aromatic carbocycles. The number of rotatable bonds is 2. The molecule has 3 heteroatoms. The smallest absolute Gasteiger partial charge is 0.309 e. The van der Waals surface area contributed by atoms with E-state index in [-0.39, 0.29) is 18.0 Å². The van der Waals surface area contributed by atoms with Crippen molar-refractivity contribution in [2.45, 2.75) is 38.9 Å². The van der Waals surface area contributed by atoms with Crippen molar-refractivity contribution in [3.63, 3.8) is 0 Å². The van der Waals surface area contributed by atoms with Crippen LogP contribution in [-0.4, -0.2) is 22.8 Å². The van der Waals surface area contributed by atoms with Crippen LogP contribution in [0.5, 0.6) is 0 Å². The maximum absolute atomic E-state index is 11.0. The van der Waals surface area contributed by atoms with Gasteiger partial charge in [0.05, 0.1) is 11.5 Å². The van der Waals surface area contributed by atoms with Gasteiger partial charge in [0.15, 0.2) is 0 Å². The zero-order chi connectivity index (χ0) is 10.1. The second kappa shape index (κ2) is 3.50. The number of carbonyl (C=O) groups excluding carboxylic acids is 1. The minimum Gasteiger partial charge on any atom is -0.458 e. The largest absolute Gasteiger partial charge is 0.458 e. The zero-order valence-electron chi connectivity index (χ0n) is 8.28. The van der Waals surface area contributed by atoms with E-state index in [4.69, 9.17) is 4.74 Å². The Balaban J connectivity index is 2.49. The molecule has 1 saturated heterocycles. The average molecular weight is 184 g/mol. The molecule has 0 saturated carbocycles. The highest BCUT2D eigenvalue weighted by molar-refractivity contribution is 5.74. The Kier molecular flexibility index (Phi) is 2.76. The molecule has 1 fully saturated rings. The normalized spacial score (nSPS) is 29.7. The molecule has 0 bridgehead atoms. The van der Waals surface area contributed by atoms with Crippen molar-refractivity contribution >= 4 is 5.97 Å². The van der Waals surface area contributed by atoms with Gasteiger partial charge in [-0.25, -0.2) is 0 Å². The fourth-order valence-corrected chi connectivity index (χ4v) is 1.22. The van der Waals surface area contributed by atoms with Crippen LogP contribution in [0, 0.1) is 5.92 Å². The van der Waals surface area contributed by atoms with Crippen LogP contribution in [0.2, 0.25) is 0 Å². The van der Waals surface area contributed by atoms with E-state index >= 15 is 0 Å². The van der Waals surface area contributed by atoms with E-state index in [1.165, 1.54) is 0 Å². The molecule has 74 valence electrons. The lowest BCUT2D eigenvalue weighted by molar-refractivity contribution is -0.142. The number of cyclic esters (lactones) is 1. The van der Waals surface area contributed by atoms with Gasteiger partial charge < -0.3 is 9.84 Å². The van der Waals surface area contributed by atoms with Crippen LogP contribution < -0.4 is 0 Å². The highest BCUT2D eigenvalue weighted by Crippen LogP contribution is 2.21. The molecule has 1 N–H and O–H groups in total. The van der Waals surface area contributed by atoms with E-state index in [2.05, 4.69) is 0 Å². The van der Waals surface area contributed by atoms with Crippen LogP contribution in [0.3, 0.4) is 0 Å². The van der Waals surface area contributed by atoms with Crippen molar-refractivity contribution in [1.29, 1.82) is 0 Å². The molecule has 1 rings (SSSR count). The first-order valence-electron chi connectivity index (χ1n) is 4.51. The monoisotopic (exact) mass is 184 g/mol. The predicted molar refractivity (Wildman–Crippen MR) is 49.1 cm³/mol. The Labute approximate surface area is 78.4 Å². The molecule has 0 radical (unpaired) electrons. The van der Waals surface area contributed by atoms with Crippen molar-refractivity contribution in [2.24, 2.45) is 5.92 Å². The van der Waals surface area contributed by atoms with Gasteiger partial charge in [-0.05, 0) is 19.9 Å². The van der Waals surface area contributed by atoms with E-state index < -0.39 is 5.60 Å². The van der Waals surface area contributed by atoms with Crippen LogP contribution in [0.1, 0.15) is 27.2 Å². The molecular weight excluding hydrogens is 168 g/mol. The second-order valence-corrected chi connectivity index (χ2v) is 4.12. The predicted octanol–water partition coefficient (Wildman–Crippen LogP) is 1.27. The summed E-state index contributed by atoms with van der Waals surface area (Å²) in [4.78, 5) is 11.0. The van der Waals surface area contributed by atoms with Crippen molar-refractivity contribution in [2.75, 3.05) is 0 Å². The number of carbonyl (C=O) groups is 1. The van der Waals surface area contributed by atoms with Gasteiger partial charge in [0, 0.05) is 6.42 Å². The lowest BCUT2D eigenvalue weighted by Crippen LogP contribution is -2.15. The average Bonchev–Trinajstić information content (AvgIpc) is 2.27. The number of ether oxygens (including phenoxy) is 1. The first-order chi connectivity index (χ1) is 5.88. The van der Waals surface area contributed by atoms with Crippen molar-refractivity contribution in [1.82, 2.24) is 0 Å². The second-order valence-electron chi connectivity index (χ2n) is 4.12. The van der Waals surface area contributed by atoms with Gasteiger partial charge in [0.2, 0.25) is 0 Å². The quantitative estimate of drug-likeness (QED) is 0.519. The molecule has 0 aromatic heterocycles. The third kappa shape index (κ3) is 3.19. The third-order valence-corrected chi connectivity index (χ3v) is 1.97. The number of aliphatic hydroxyl groups is 1. The summed E-state index contributed by atoms with van der Waals surface area (Å²) in [7, 11) is 0. The maximum Gasteiger partial charge on any atom is 0.309 e. The number of hydrogen-bond acceptors (Lipinski definition) is 3. The lowest BCUT2D eigenvalue weighted by Gasteiger charge is -2.11. The Hall–Kier alpha value is -0.830. The van der Waals surface area contributed by atoms with Crippen LogP contribution in [0.4, 0.5) is 0 Å². The molecule has 0 aromatic rings. The molecule has 13 heavy (non-hydrogen) atoms. The fraction of sp³-hybridized carbons (Fsp3) is 0.700. The topological polar surface area (TPSA) is 46.5 Å². The highest BCUT2D eigenvalue weighted by atomic mass is 16.5. The Bertz CT molecular complexity index is 225. The Morgan fingerprint density at radius 3 is 2.62 bits per heavy atom. The number of esters is 1. The Morgan fingerprint density at radius 1 is 1.62 bits per heavy atom.